The topological polar surface area (TPSA) is 49.3 Å². The fraction of sp³-hybridized carbons (Fsp3) is 0.188. The number of benzene rings is 2. The van der Waals surface area contributed by atoms with Crippen LogP contribution in [0.1, 0.15) is 34.5 Å². The summed E-state index contributed by atoms with van der Waals surface area (Å²) in [6.45, 7) is 3.88. The zero-order valence-corrected chi connectivity index (χ0v) is 11.1. The molecule has 0 heterocycles. The molecule has 1 atom stereocenters. The van der Waals surface area contributed by atoms with Gasteiger partial charge in [0.05, 0.1) is 5.56 Å². The Bertz CT molecular complexity index is 579. The molecule has 0 fully saturated rings. The van der Waals surface area contributed by atoms with Gasteiger partial charge in [-0.25, -0.2) is 4.79 Å². The third-order valence-electron chi connectivity index (χ3n) is 3.24. The van der Waals surface area contributed by atoms with Crippen LogP contribution in [0.4, 0.5) is 5.69 Å². The molecule has 2 rings (SSSR count). The molecular formula is C16H17NO2. The van der Waals surface area contributed by atoms with Crippen molar-refractivity contribution in [3.8, 4) is 0 Å². The van der Waals surface area contributed by atoms with Gasteiger partial charge in [-0.15, -0.1) is 0 Å². The second-order valence-corrected chi connectivity index (χ2v) is 4.56. The molecule has 98 valence electrons. The first-order valence-corrected chi connectivity index (χ1v) is 6.24. The van der Waals surface area contributed by atoms with Crippen molar-refractivity contribution in [2.45, 2.75) is 19.9 Å². The third-order valence-corrected chi connectivity index (χ3v) is 3.24. The highest BCUT2D eigenvalue weighted by Gasteiger charge is 2.12. The van der Waals surface area contributed by atoms with Crippen LogP contribution >= 0.6 is 0 Å². The van der Waals surface area contributed by atoms with E-state index in [-0.39, 0.29) is 6.04 Å². The van der Waals surface area contributed by atoms with Crippen LogP contribution in [0.5, 0.6) is 0 Å². The van der Waals surface area contributed by atoms with Crippen LogP contribution in [0.15, 0.2) is 48.5 Å². The molecule has 0 aliphatic heterocycles. The number of anilines is 1. The van der Waals surface area contributed by atoms with Crippen LogP contribution in [-0.2, 0) is 0 Å². The normalized spacial score (nSPS) is 11.9. The lowest BCUT2D eigenvalue weighted by molar-refractivity contribution is 0.0696. The Morgan fingerprint density at radius 1 is 1.11 bits per heavy atom. The first-order chi connectivity index (χ1) is 9.09. The Hall–Kier alpha value is -2.29. The molecule has 0 aliphatic carbocycles. The Morgan fingerprint density at radius 2 is 1.79 bits per heavy atom. The van der Waals surface area contributed by atoms with Gasteiger partial charge in [0.15, 0.2) is 0 Å². The third kappa shape index (κ3) is 2.94. The van der Waals surface area contributed by atoms with Crippen molar-refractivity contribution in [1.29, 1.82) is 0 Å². The summed E-state index contributed by atoms with van der Waals surface area (Å²) in [5, 5.41) is 12.5. The lowest BCUT2D eigenvalue weighted by Crippen LogP contribution is -2.09. The van der Waals surface area contributed by atoms with E-state index in [4.69, 9.17) is 5.11 Å². The van der Waals surface area contributed by atoms with E-state index in [2.05, 4.69) is 12.2 Å². The van der Waals surface area contributed by atoms with Gasteiger partial charge in [-0.05, 0) is 37.1 Å². The van der Waals surface area contributed by atoms with Gasteiger partial charge in [0.2, 0.25) is 0 Å². The lowest BCUT2D eigenvalue weighted by atomic mass is 10.0. The predicted molar refractivity (Wildman–Crippen MR) is 76.6 cm³/mol. The highest BCUT2D eigenvalue weighted by molar-refractivity contribution is 5.91. The van der Waals surface area contributed by atoms with E-state index in [0.29, 0.717) is 5.56 Å². The highest BCUT2D eigenvalue weighted by Crippen LogP contribution is 2.24. The van der Waals surface area contributed by atoms with E-state index in [9.17, 15) is 4.79 Å². The first kappa shape index (κ1) is 13.1. The predicted octanol–water partition coefficient (Wildman–Crippen LogP) is 3.87. The maximum atomic E-state index is 11.1. The van der Waals surface area contributed by atoms with Gasteiger partial charge < -0.3 is 10.4 Å². The van der Waals surface area contributed by atoms with Crippen LogP contribution in [-0.4, -0.2) is 11.1 Å². The summed E-state index contributed by atoms with van der Waals surface area (Å²) in [7, 11) is 0. The van der Waals surface area contributed by atoms with E-state index in [1.165, 1.54) is 5.56 Å². The number of carboxylic acid groups (broad SMARTS) is 1. The van der Waals surface area contributed by atoms with Crippen LogP contribution in [0.3, 0.4) is 0 Å². The standard InChI is InChI=1S/C16H17NO2/c1-11-14(16(18)19)9-6-10-15(11)17-12(2)13-7-4-3-5-8-13/h3-10,12,17H,1-2H3,(H,18,19). The number of nitrogens with one attached hydrogen (secondary N) is 1. The molecule has 0 radical (unpaired) electrons. The van der Waals surface area contributed by atoms with Crippen molar-refractivity contribution in [2.75, 3.05) is 5.32 Å². The van der Waals surface area contributed by atoms with Crippen LogP contribution in [0.2, 0.25) is 0 Å². The Kier molecular flexibility index (Phi) is 3.85. The van der Waals surface area contributed by atoms with Crippen molar-refractivity contribution in [3.63, 3.8) is 0 Å². The van der Waals surface area contributed by atoms with Crippen molar-refractivity contribution >= 4 is 11.7 Å². The number of carbonyl (C=O) groups is 1. The molecule has 0 saturated carbocycles. The summed E-state index contributed by atoms with van der Waals surface area (Å²) < 4.78 is 0. The minimum absolute atomic E-state index is 0.129. The molecule has 3 heteroatoms. The summed E-state index contributed by atoms with van der Waals surface area (Å²) in [6.07, 6.45) is 0. The summed E-state index contributed by atoms with van der Waals surface area (Å²) in [4.78, 5) is 11.1. The molecule has 0 bridgehead atoms. The maximum Gasteiger partial charge on any atom is 0.336 e. The summed E-state index contributed by atoms with van der Waals surface area (Å²) in [5.41, 5.74) is 3.13. The molecule has 1 unspecified atom stereocenters. The first-order valence-electron chi connectivity index (χ1n) is 6.24. The van der Waals surface area contributed by atoms with Gasteiger partial charge in [-0.1, -0.05) is 36.4 Å². The zero-order valence-electron chi connectivity index (χ0n) is 11.1. The van der Waals surface area contributed by atoms with Gasteiger partial charge in [0.1, 0.15) is 0 Å². The zero-order chi connectivity index (χ0) is 13.8. The van der Waals surface area contributed by atoms with Crippen molar-refractivity contribution in [1.82, 2.24) is 0 Å². The molecule has 2 N–H and O–H groups in total. The average molecular weight is 255 g/mol. The average Bonchev–Trinajstić information content (AvgIpc) is 2.41. The van der Waals surface area contributed by atoms with E-state index < -0.39 is 5.97 Å². The van der Waals surface area contributed by atoms with E-state index >= 15 is 0 Å². The quantitative estimate of drug-likeness (QED) is 0.872. The maximum absolute atomic E-state index is 11.1. The number of aromatic carboxylic acids is 1. The molecule has 2 aromatic carbocycles. The lowest BCUT2D eigenvalue weighted by Gasteiger charge is -2.18. The second-order valence-electron chi connectivity index (χ2n) is 4.56. The number of hydrogen-bond donors (Lipinski definition) is 2. The number of carboxylic acids is 1. The van der Waals surface area contributed by atoms with Crippen LogP contribution < -0.4 is 5.32 Å². The molecule has 2 aromatic rings. The molecule has 3 nitrogen and oxygen atoms in total. The molecular weight excluding hydrogens is 238 g/mol. The molecule has 0 aromatic heterocycles. The number of rotatable bonds is 4. The van der Waals surface area contributed by atoms with E-state index in [1.807, 2.05) is 43.3 Å². The van der Waals surface area contributed by atoms with Crippen LogP contribution in [0.25, 0.3) is 0 Å². The fourth-order valence-electron chi connectivity index (χ4n) is 2.08. The van der Waals surface area contributed by atoms with Gasteiger partial charge in [0, 0.05) is 11.7 Å². The SMILES string of the molecule is Cc1c(NC(C)c2ccccc2)cccc1C(=O)O. The Morgan fingerprint density at radius 3 is 2.42 bits per heavy atom. The molecule has 0 spiro atoms. The fourth-order valence-corrected chi connectivity index (χ4v) is 2.08. The van der Waals surface area contributed by atoms with Crippen molar-refractivity contribution in [2.24, 2.45) is 0 Å². The highest BCUT2D eigenvalue weighted by atomic mass is 16.4. The molecule has 19 heavy (non-hydrogen) atoms. The molecule has 0 amide bonds. The van der Waals surface area contributed by atoms with E-state index in [0.717, 1.165) is 11.3 Å². The molecule has 0 aliphatic rings. The largest absolute Gasteiger partial charge is 0.478 e. The number of hydrogen-bond acceptors (Lipinski definition) is 2. The Labute approximate surface area is 112 Å². The van der Waals surface area contributed by atoms with Gasteiger partial charge in [-0.2, -0.15) is 0 Å². The Balaban J connectivity index is 2.25. The monoisotopic (exact) mass is 255 g/mol. The summed E-state index contributed by atoms with van der Waals surface area (Å²) >= 11 is 0. The van der Waals surface area contributed by atoms with Gasteiger partial charge >= 0.3 is 5.97 Å². The van der Waals surface area contributed by atoms with Crippen molar-refractivity contribution < 1.29 is 9.90 Å². The minimum atomic E-state index is -0.895. The summed E-state index contributed by atoms with van der Waals surface area (Å²) in [6, 6.07) is 15.5. The van der Waals surface area contributed by atoms with Crippen molar-refractivity contribution in [3.05, 3.63) is 65.2 Å². The summed E-state index contributed by atoms with van der Waals surface area (Å²) in [5.74, 6) is -0.895. The second kappa shape index (κ2) is 5.57. The smallest absolute Gasteiger partial charge is 0.336 e. The van der Waals surface area contributed by atoms with Gasteiger partial charge in [-0.3, -0.25) is 0 Å². The van der Waals surface area contributed by atoms with Gasteiger partial charge in [0.25, 0.3) is 0 Å². The minimum Gasteiger partial charge on any atom is -0.478 e. The van der Waals surface area contributed by atoms with Crippen LogP contribution in [0, 0.1) is 6.92 Å². The van der Waals surface area contributed by atoms with E-state index in [1.54, 1.807) is 12.1 Å². The molecule has 0 saturated heterocycles.